The molecule has 5 nitrogen and oxygen atoms in total. The summed E-state index contributed by atoms with van der Waals surface area (Å²) in [7, 11) is 0. The predicted molar refractivity (Wildman–Crippen MR) is 82.8 cm³/mol. The molecule has 0 saturated carbocycles. The zero-order valence-corrected chi connectivity index (χ0v) is 11.5. The van der Waals surface area contributed by atoms with Crippen molar-refractivity contribution in [1.82, 2.24) is 14.9 Å². The molecule has 0 amide bonds. The summed E-state index contributed by atoms with van der Waals surface area (Å²) >= 11 is 0. The van der Waals surface area contributed by atoms with E-state index in [9.17, 15) is 4.79 Å². The van der Waals surface area contributed by atoms with Gasteiger partial charge in [-0.3, -0.25) is 4.79 Å². The van der Waals surface area contributed by atoms with Gasteiger partial charge in [-0.1, -0.05) is 53.7 Å². The molecule has 2 aromatic heterocycles. The lowest BCUT2D eigenvalue weighted by molar-refractivity contribution is 0.427. The lowest BCUT2D eigenvalue weighted by Gasteiger charge is -2.08. The highest BCUT2D eigenvalue weighted by molar-refractivity contribution is 5.90. The molecule has 0 spiro atoms. The molecule has 0 aliphatic rings. The van der Waals surface area contributed by atoms with E-state index in [1.165, 1.54) is 10.9 Å². The summed E-state index contributed by atoms with van der Waals surface area (Å²) in [6.07, 6.45) is 1.46. The van der Waals surface area contributed by atoms with Gasteiger partial charge in [-0.15, -0.1) is 0 Å². The molecule has 0 fully saturated rings. The van der Waals surface area contributed by atoms with E-state index in [0.29, 0.717) is 16.8 Å². The van der Waals surface area contributed by atoms with Crippen LogP contribution in [0.15, 0.2) is 76.2 Å². The molecular weight excluding hydrogens is 278 g/mol. The fourth-order valence-corrected chi connectivity index (χ4v) is 2.41. The van der Waals surface area contributed by atoms with Crippen LogP contribution in [0.4, 0.5) is 0 Å². The van der Waals surface area contributed by atoms with Crippen molar-refractivity contribution in [1.29, 1.82) is 0 Å². The van der Waals surface area contributed by atoms with Crippen LogP contribution in [0.1, 0.15) is 0 Å². The molecule has 0 atom stereocenters. The molecule has 0 saturated heterocycles. The Hall–Kier alpha value is -3.21. The first kappa shape index (κ1) is 12.5. The van der Waals surface area contributed by atoms with E-state index in [0.717, 1.165) is 5.56 Å². The number of fused-ring (bicyclic) bond motifs is 1. The van der Waals surface area contributed by atoms with Gasteiger partial charge >= 0.3 is 5.56 Å². The summed E-state index contributed by atoms with van der Waals surface area (Å²) in [6, 6.07) is 18.9. The van der Waals surface area contributed by atoms with Gasteiger partial charge in [0.15, 0.2) is 5.52 Å². The summed E-state index contributed by atoms with van der Waals surface area (Å²) in [6.45, 7) is 0. The van der Waals surface area contributed by atoms with Crippen molar-refractivity contribution in [3.63, 3.8) is 0 Å². The Morgan fingerprint density at radius 2 is 1.59 bits per heavy atom. The van der Waals surface area contributed by atoms with Gasteiger partial charge in [0.25, 0.3) is 0 Å². The minimum Gasteiger partial charge on any atom is -0.363 e. The molecule has 0 aliphatic heterocycles. The van der Waals surface area contributed by atoms with E-state index < -0.39 is 0 Å². The second-order valence-electron chi connectivity index (χ2n) is 4.84. The van der Waals surface area contributed by atoms with E-state index in [4.69, 9.17) is 4.52 Å². The molecule has 2 aromatic carbocycles. The zero-order valence-electron chi connectivity index (χ0n) is 11.5. The second-order valence-corrected chi connectivity index (χ2v) is 4.84. The Balaban J connectivity index is 2.08. The van der Waals surface area contributed by atoms with E-state index >= 15 is 0 Å². The lowest BCUT2D eigenvalue weighted by atomic mass is 10.1. The molecule has 4 rings (SSSR count). The van der Waals surface area contributed by atoms with Crippen molar-refractivity contribution in [2.24, 2.45) is 0 Å². The molecule has 2 heterocycles. The lowest BCUT2D eigenvalue weighted by Crippen LogP contribution is -2.22. The number of hydrogen-bond donors (Lipinski definition) is 0. The average Bonchev–Trinajstić information content (AvgIpc) is 3.07. The minimum atomic E-state index is -0.297. The summed E-state index contributed by atoms with van der Waals surface area (Å²) in [5.74, 6) is 0. The summed E-state index contributed by atoms with van der Waals surface area (Å²) < 4.78 is 6.35. The third-order valence-electron chi connectivity index (χ3n) is 3.47. The van der Waals surface area contributed by atoms with Gasteiger partial charge in [0.1, 0.15) is 12.0 Å². The first-order valence-corrected chi connectivity index (χ1v) is 6.83. The molecule has 22 heavy (non-hydrogen) atoms. The topological polar surface area (TPSA) is 60.9 Å². The minimum absolute atomic E-state index is 0.276. The van der Waals surface area contributed by atoms with Crippen LogP contribution < -0.4 is 5.56 Å². The maximum atomic E-state index is 12.6. The van der Waals surface area contributed by atoms with Crippen molar-refractivity contribution in [2.45, 2.75) is 0 Å². The Kier molecular flexibility index (Phi) is 2.83. The monoisotopic (exact) mass is 289 g/mol. The smallest absolute Gasteiger partial charge is 0.301 e. The summed E-state index contributed by atoms with van der Waals surface area (Å²) in [4.78, 5) is 12.6. The molecule has 5 heteroatoms. The zero-order chi connectivity index (χ0) is 14.9. The van der Waals surface area contributed by atoms with Crippen LogP contribution >= 0.6 is 0 Å². The van der Waals surface area contributed by atoms with Crippen molar-refractivity contribution in [3.8, 4) is 16.9 Å². The normalized spacial score (nSPS) is 10.9. The van der Waals surface area contributed by atoms with Gasteiger partial charge < -0.3 is 4.52 Å². The molecule has 106 valence electrons. The fourth-order valence-electron chi connectivity index (χ4n) is 2.41. The van der Waals surface area contributed by atoms with Gasteiger partial charge in [0.05, 0.1) is 11.1 Å². The Labute approximate surface area is 125 Å². The van der Waals surface area contributed by atoms with E-state index in [1.54, 1.807) is 0 Å². The maximum absolute atomic E-state index is 12.6. The highest BCUT2D eigenvalue weighted by atomic mass is 16.5. The van der Waals surface area contributed by atoms with Gasteiger partial charge in [-0.25, -0.2) is 0 Å². The van der Waals surface area contributed by atoms with Crippen LogP contribution in [-0.2, 0) is 0 Å². The van der Waals surface area contributed by atoms with Crippen LogP contribution in [0.2, 0.25) is 0 Å². The van der Waals surface area contributed by atoms with E-state index in [-0.39, 0.29) is 11.1 Å². The van der Waals surface area contributed by atoms with Crippen molar-refractivity contribution >= 4 is 10.9 Å². The third-order valence-corrected chi connectivity index (χ3v) is 3.47. The highest BCUT2D eigenvalue weighted by Gasteiger charge is 2.16. The average molecular weight is 289 g/mol. The summed E-state index contributed by atoms with van der Waals surface area (Å²) in [5.41, 5.74) is 2.24. The van der Waals surface area contributed by atoms with Gasteiger partial charge in [-0.2, -0.15) is 9.78 Å². The van der Waals surface area contributed by atoms with E-state index in [1.807, 2.05) is 60.7 Å². The Bertz CT molecular complexity index is 989. The SMILES string of the molecule is O=c1c2nocc2c(-c2ccccc2)nn1-c1ccccc1. The van der Waals surface area contributed by atoms with Crippen LogP contribution in [0.5, 0.6) is 0 Å². The summed E-state index contributed by atoms with van der Waals surface area (Å²) in [5, 5.41) is 8.97. The van der Waals surface area contributed by atoms with Crippen molar-refractivity contribution < 1.29 is 4.52 Å². The first-order valence-electron chi connectivity index (χ1n) is 6.83. The van der Waals surface area contributed by atoms with Crippen molar-refractivity contribution in [2.75, 3.05) is 0 Å². The molecule has 0 aliphatic carbocycles. The standard InChI is InChI=1S/C17H11N3O2/c21-17-16-14(11-22-19-16)15(12-7-3-1-4-8-12)18-20(17)13-9-5-2-6-10-13/h1-11H. The van der Waals surface area contributed by atoms with Crippen LogP contribution in [-0.4, -0.2) is 14.9 Å². The molecule has 0 N–H and O–H groups in total. The van der Waals surface area contributed by atoms with Crippen molar-refractivity contribution in [3.05, 3.63) is 77.3 Å². The van der Waals surface area contributed by atoms with Crippen LogP contribution in [0, 0.1) is 0 Å². The molecule has 0 unspecified atom stereocenters. The third kappa shape index (κ3) is 1.91. The van der Waals surface area contributed by atoms with Gasteiger partial charge in [0, 0.05) is 5.56 Å². The first-order chi connectivity index (χ1) is 10.8. The van der Waals surface area contributed by atoms with Gasteiger partial charge in [0.2, 0.25) is 0 Å². The second kappa shape index (κ2) is 4.96. The fraction of sp³-hybridized carbons (Fsp3) is 0. The molecule has 0 bridgehead atoms. The molecular formula is C17H11N3O2. The predicted octanol–water partition coefficient (Wildman–Crippen LogP) is 3.04. The van der Waals surface area contributed by atoms with E-state index in [2.05, 4.69) is 10.3 Å². The number of rotatable bonds is 2. The highest BCUT2D eigenvalue weighted by Crippen LogP contribution is 2.24. The molecule has 0 radical (unpaired) electrons. The molecule has 4 aromatic rings. The van der Waals surface area contributed by atoms with Crippen LogP contribution in [0.25, 0.3) is 27.8 Å². The number of benzene rings is 2. The number of para-hydroxylation sites is 1. The number of aromatic nitrogens is 3. The quantitative estimate of drug-likeness (QED) is 0.569. The largest absolute Gasteiger partial charge is 0.363 e. The Morgan fingerprint density at radius 3 is 2.32 bits per heavy atom. The Morgan fingerprint density at radius 1 is 0.909 bits per heavy atom. The maximum Gasteiger partial charge on any atom is 0.301 e. The van der Waals surface area contributed by atoms with Gasteiger partial charge in [-0.05, 0) is 12.1 Å². The van der Waals surface area contributed by atoms with Crippen LogP contribution in [0.3, 0.4) is 0 Å². The number of hydrogen-bond acceptors (Lipinski definition) is 4. The number of nitrogens with zero attached hydrogens (tertiary/aromatic N) is 3.